The zero-order valence-corrected chi connectivity index (χ0v) is 24.5. The molecule has 14 heteroatoms. The van der Waals surface area contributed by atoms with Crippen molar-refractivity contribution in [1.82, 2.24) is 30.0 Å². The average molecular weight is 629 g/mol. The van der Waals surface area contributed by atoms with Gasteiger partial charge < -0.3 is 0 Å². The van der Waals surface area contributed by atoms with Crippen LogP contribution in [-0.4, -0.2) is 55.9 Å². The van der Waals surface area contributed by atoms with Gasteiger partial charge in [-0.2, -0.15) is 36.6 Å². The smallest absolute Gasteiger partial charge is 0.282 e. The summed E-state index contributed by atoms with van der Waals surface area (Å²) in [4.78, 5) is 1.59. The van der Waals surface area contributed by atoms with Gasteiger partial charge in [-0.1, -0.05) is 72.8 Å². The third-order valence-corrected chi connectivity index (χ3v) is 8.62. The molecule has 0 fully saturated rings. The van der Waals surface area contributed by atoms with Crippen LogP contribution >= 0.6 is 0 Å². The monoisotopic (exact) mass is 628 g/mol. The van der Waals surface area contributed by atoms with E-state index in [1.807, 2.05) is 48.6 Å². The molecular weight excluding hydrogens is 605 g/mol. The maximum absolute atomic E-state index is 12.3. The quantitative estimate of drug-likeness (QED) is 0.178. The third-order valence-electron chi connectivity index (χ3n) is 6.80. The van der Waals surface area contributed by atoms with E-state index in [1.54, 1.807) is 18.3 Å². The van der Waals surface area contributed by atoms with Gasteiger partial charge in [0, 0.05) is 5.56 Å². The third kappa shape index (κ3) is 6.18. The van der Waals surface area contributed by atoms with Gasteiger partial charge in [-0.3, -0.25) is 9.11 Å². The molecule has 0 atom stereocenters. The fourth-order valence-electron chi connectivity index (χ4n) is 4.65. The fraction of sp³-hybridized carbons (Fsp3) is 0.0667. The number of hydrogen-bond acceptors (Lipinski definition) is 8. The summed E-state index contributed by atoms with van der Waals surface area (Å²) in [6, 6.07) is 17.7. The molecule has 1 aliphatic carbocycles. The van der Waals surface area contributed by atoms with E-state index in [-0.39, 0.29) is 22.5 Å². The molecular formula is C30H24N6O6S2. The number of rotatable bonds is 8. The maximum Gasteiger partial charge on any atom is 0.295 e. The lowest BCUT2D eigenvalue weighted by Gasteiger charge is -2.08. The van der Waals surface area contributed by atoms with Crippen molar-refractivity contribution in [1.29, 1.82) is 0 Å². The summed E-state index contributed by atoms with van der Waals surface area (Å²) in [7, 11) is -9.43. The molecule has 222 valence electrons. The molecule has 5 aromatic rings. The second kappa shape index (κ2) is 11.6. The predicted octanol–water partition coefficient (Wildman–Crippen LogP) is 4.91. The second-order valence-corrected chi connectivity index (χ2v) is 12.6. The molecule has 0 unspecified atom stereocenters. The van der Waals surface area contributed by atoms with E-state index in [0.717, 1.165) is 24.0 Å². The number of nitrogens with zero attached hydrogens (tertiary/aromatic N) is 6. The molecule has 2 aromatic heterocycles. The lowest BCUT2D eigenvalue weighted by Crippen LogP contribution is -2.06. The van der Waals surface area contributed by atoms with Crippen molar-refractivity contribution >= 4 is 38.0 Å². The summed E-state index contributed by atoms with van der Waals surface area (Å²) >= 11 is 0. The van der Waals surface area contributed by atoms with E-state index >= 15 is 0 Å². The van der Waals surface area contributed by atoms with Crippen LogP contribution in [0.15, 0.2) is 107 Å². The summed E-state index contributed by atoms with van der Waals surface area (Å²) in [5, 5.41) is 17.3. The highest BCUT2D eigenvalue weighted by atomic mass is 32.2. The van der Waals surface area contributed by atoms with Crippen LogP contribution in [0.4, 0.5) is 0 Å². The molecule has 6 rings (SSSR count). The molecule has 12 nitrogen and oxygen atoms in total. The van der Waals surface area contributed by atoms with Crippen LogP contribution in [0.5, 0.6) is 0 Å². The normalized spacial score (nSPS) is 13.8. The first kappa shape index (κ1) is 29.1. The largest absolute Gasteiger partial charge is 0.295 e. The van der Waals surface area contributed by atoms with Gasteiger partial charge in [0.2, 0.25) is 0 Å². The standard InChI is InChI=1S/C30H24N6O6S2/c37-43(38,39)29-17-25(35-31-19-27(33-35)21-7-3-1-4-8-21)15-13-23(29)11-12-24-14-16-26(18-30(24)44(40,41)42)36-32-20-28(34-36)22-9-5-2-6-10-22/h1,3-5,7-20H,2,6H2,(H,37,38,39)(H,40,41,42)/b12-11+. The Bertz CT molecular complexity index is 2180. The Morgan fingerprint density at radius 1 is 0.682 bits per heavy atom. The minimum Gasteiger partial charge on any atom is -0.282 e. The van der Waals surface area contributed by atoms with Gasteiger partial charge in [-0.15, -0.1) is 10.2 Å². The molecule has 0 saturated heterocycles. The van der Waals surface area contributed by atoms with Crippen molar-refractivity contribution in [2.45, 2.75) is 22.6 Å². The molecule has 2 N–H and O–H groups in total. The molecule has 3 aromatic carbocycles. The van der Waals surface area contributed by atoms with Crippen molar-refractivity contribution in [3.8, 4) is 22.6 Å². The van der Waals surface area contributed by atoms with Crippen molar-refractivity contribution < 1.29 is 25.9 Å². The minimum absolute atomic E-state index is 0.0595. The number of aromatic nitrogens is 6. The van der Waals surface area contributed by atoms with E-state index in [2.05, 4.69) is 20.4 Å². The van der Waals surface area contributed by atoms with Gasteiger partial charge in [0.15, 0.2) is 0 Å². The second-order valence-electron chi connectivity index (χ2n) is 9.77. The number of benzene rings is 3. The van der Waals surface area contributed by atoms with Gasteiger partial charge >= 0.3 is 0 Å². The van der Waals surface area contributed by atoms with Crippen LogP contribution < -0.4 is 0 Å². The molecule has 0 amide bonds. The maximum atomic E-state index is 12.3. The van der Waals surface area contributed by atoms with Gasteiger partial charge in [0.25, 0.3) is 20.2 Å². The van der Waals surface area contributed by atoms with Gasteiger partial charge in [-0.05, 0) is 53.8 Å². The van der Waals surface area contributed by atoms with E-state index in [4.69, 9.17) is 0 Å². The van der Waals surface area contributed by atoms with Crippen molar-refractivity contribution in [3.05, 3.63) is 114 Å². The van der Waals surface area contributed by atoms with Crippen LogP contribution in [0, 0.1) is 0 Å². The van der Waals surface area contributed by atoms with Gasteiger partial charge in [0.05, 0.1) is 23.8 Å². The number of hydrogen-bond donors (Lipinski definition) is 2. The highest BCUT2D eigenvalue weighted by Gasteiger charge is 2.19. The van der Waals surface area contributed by atoms with Crippen LogP contribution in [0.3, 0.4) is 0 Å². The van der Waals surface area contributed by atoms with Crippen LogP contribution in [0.2, 0.25) is 0 Å². The molecule has 0 radical (unpaired) electrons. The summed E-state index contributed by atoms with van der Waals surface area (Å²) in [6.07, 6.45) is 13.5. The van der Waals surface area contributed by atoms with Crippen LogP contribution in [0.1, 0.15) is 29.7 Å². The number of allylic oxidation sites excluding steroid dienone is 4. The zero-order valence-electron chi connectivity index (χ0n) is 22.8. The topological polar surface area (TPSA) is 170 Å². The fourth-order valence-corrected chi connectivity index (χ4v) is 6.06. The summed E-state index contributed by atoms with van der Waals surface area (Å²) in [5.74, 6) is 0. The van der Waals surface area contributed by atoms with Gasteiger partial charge in [-0.25, -0.2) is 0 Å². The molecule has 0 aliphatic heterocycles. The van der Waals surface area contributed by atoms with E-state index in [0.29, 0.717) is 11.4 Å². The molecule has 2 heterocycles. The first-order valence-electron chi connectivity index (χ1n) is 13.3. The summed E-state index contributed by atoms with van der Waals surface area (Å²) in [5.41, 5.74) is 3.57. The SMILES string of the molecule is O=S(=O)(O)c1cc(-n2ncc(C3=CCCC=C3)n2)ccc1/C=C/c1ccc(-n2ncc(-c3ccccc3)n2)cc1S(=O)(=O)O. The van der Waals surface area contributed by atoms with Crippen LogP contribution in [-0.2, 0) is 20.2 Å². The van der Waals surface area contributed by atoms with Crippen molar-refractivity contribution in [2.75, 3.05) is 0 Å². The molecule has 44 heavy (non-hydrogen) atoms. The minimum atomic E-state index is -4.72. The zero-order chi connectivity index (χ0) is 30.9. The van der Waals surface area contributed by atoms with E-state index in [1.165, 1.54) is 52.2 Å². The van der Waals surface area contributed by atoms with E-state index in [9.17, 15) is 25.9 Å². The van der Waals surface area contributed by atoms with Crippen LogP contribution in [0.25, 0.3) is 40.4 Å². The van der Waals surface area contributed by atoms with Crippen molar-refractivity contribution in [2.24, 2.45) is 0 Å². The molecule has 0 bridgehead atoms. The Balaban J connectivity index is 1.33. The van der Waals surface area contributed by atoms with Crippen molar-refractivity contribution in [3.63, 3.8) is 0 Å². The predicted molar refractivity (Wildman–Crippen MR) is 163 cm³/mol. The first-order chi connectivity index (χ1) is 21.1. The Labute approximate surface area is 252 Å². The molecule has 0 spiro atoms. The average Bonchev–Trinajstić information content (AvgIpc) is 3.71. The van der Waals surface area contributed by atoms with Gasteiger partial charge in [0.1, 0.15) is 21.2 Å². The van der Waals surface area contributed by atoms with E-state index < -0.39 is 30.0 Å². The summed E-state index contributed by atoms with van der Waals surface area (Å²) in [6.45, 7) is 0. The Morgan fingerprint density at radius 3 is 1.75 bits per heavy atom. The Kier molecular flexibility index (Phi) is 7.65. The lowest BCUT2D eigenvalue weighted by molar-refractivity contribution is 0.480. The molecule has 1 aliphatic rings. The first-order valence-corrected chi connectivity index (χ1v) is 16.1. The lowest BCUT2D eigenvalue weighted by atomic mass is 10.1. The highest BCUT2D eigenvalue weighted by molar-refractivity contribution is 7.86. The summed E-state index contributed by atoms with van der Waals surface area (Å²) < 4.78 is 69.3. The molecule has 0 saturated carbocycles. The Hall–Kier alpha value is -5.02. The highest BCUT2D eigenvalue weighted by Crippen LogP contribution is 2.26. The Morgan fingerprint density at radius 2 is 1.23 bits per heavy atom.